The Labute approximate surface area is 136 Å². The number of carbonyl (C=O) groups is 3. The summed E-state index contributed by atoms with van der Waals surface area (Å²) in [5, 5.41) is 6.03. The molecule has 2 saturated heterocycles. The predicted octanol–water partition coefficient (Wildman–Crippen LogP) is 0.653. The average Bonchev–Trinajstić information content (AvgIpc) is 3.22. The lowest BCUT2D eigenvalue weighted by atomic mass is 9.79. The second kappa shape index (κ2) is 5.69. The van der Waals surface area contributed by atoms with Crippen LogP contribution in [0.25, 0.3) is 0 Å². The van der Waals surface area contributed by atoms with Gasteiger partial charge in [-0.15, -0.1) is 0 Å². The third-order valence-electron chi connectivity index (χ3n) is 4.89. The van der Waals surface area contributed by atoms with Crippen LogP contribution in [-0.2, 0) is 9.59 Å². The monoisotopic (exact) mass is 322 g/mol. The summed E-state index contributed by atoms with van der Waals surface area (Å²) in [6, 6.07) is -0.0932. The van der Waals surface area contributed by atoms with Crippen molar-refractivity contribution in [2.24, 2.45) is 5.41 Å². The number of hydrogen-bond acceptors (Lipinski definition) is 3. The van der Waals surface area contributed by atoms with Gasteiger partial charge in [0.1, 0.15) is 6.54 Å². The molecule has 3 fully saturated rings. The topological polar surface area (TPSA) is 81.8 Å². The zero-order valence-electron chi connectivity index (χ0n) is 14.1. The van der Waals surface area contributed by atoms with E-state index < -0.39 is 0 Å². The van der Waals surface area contributed by atoms with Crippen molar-refractivity contribution in [1.29, 1.82) is 0 Å². The van der Waals surface area contributed by atoms with E-state index >= 15 is 0 Å². The van der Waals surface area contributed by atoms with Gasteiger partial charge in [0.2, 0.25) is 11.8 Å². The molecule has 0 spiro atoms. The highest BCUT2D eigenvalue weighted by atomic mass is 16.2. The number of nitrogens with one attached hydrogen (secondary N) is 2. The minimum Gasteiger partial charge on any atom is -0.351 e. The number of nitrogens with zero attached hydrogens (tertiary/aromatic N) is 2. The van der Waals surface area contributed by atoms with E-state index in [9.17, 15) is 14.4 Å². The van der Waals surface area contributed by atoms with E-state index in [1.807, 2.05) is 0 Å². The third-order valence-corrected chi connectivity index (χ3v) is 4.89. The van der Waals surface area contributed by atoms with E-state index in [1.54, 1.807) is 9.80 Å². The van der Waals surface area contributed by atoms with Gasteiger partial charge in [-0.25, -0.2) is 4.79 Å². The first-order valence-corrected chi connectivity index (χ1v) is 8.40. The SMILES string of the molecule is CC(C)(C)[C@@H]1NC(=O)CC[C@H]1NC(=O)N1CC(=O)N(C2CC2)C1. The van der Waals surface area contributed by atoms with Crippen LogP contribution in [0.3, 0.4) is 0 Å². The molecular formula is C16H26N4O3. The molecule has 7 heteroatoms. The van der Waals surface area contributed by atoms with E-state index in [0.29, 0.717) is 25.6 Å². The van der Waals surface area contributed by atoms with E-state index in [1.165, 1.54) is 0 Å². The van der Waals surface area contributed by atoms with Crippen LogP contribution >= 0.6 is 0 Å². The largest absolute Gasteiger partial charge is 0.351 e. The number of rotatable bonds is 2. The van der Waals surface area contributed by atoms with Crippen LogP contribution in [-0.4, -0.2) is 59.0 Å². The van der Waals surface area contributed by atoms with Gasteiger partial charge in [0.15, 0.2) is 0 Å². The molecule has 3 rings (SSSR count). The quantitative estimate of drug-likeness (QED) is 0.783. The molecule has 1 saturated carbocycles. The molecule has 1 aliphatic carbocycles. The molecule has 23 heavy (non-hydrogen) atoms. The fourth-order valence-corrected chi connectivity index (χ4v) is 3.43. The number of carbonyl (C=O) groups excluding carboxylic acids is 3. The van der Waals surface area contributed by atoms with Crippen LogP contribution in [0.4, 0.5) is 4.79 Å². The van der Waals surface area contributed by atoms with E-state index in [-0.39, 0.29) is 41.9 Å². The van der Waals surface area contributed by atoms with Crippen molar-refractivity contribution in [3.8, 4) is 0 Å². The van der Waals surface area contributed by atoms with Crippen LogP contribution < -0.4 is 10.6 Å². The number of urea groups is 1. The maximum absolute atomic E-state index is 12.5. The smallest absolute Gasteiger partial charge is 0.319 e. The molecule has 0 aromatic heterocycles. The third kappa shape index (κ3) is 3.43. The summed E-state index contributed by atoms with van der Waals surface area (Å²) in [5.41, 5.74) is -0.144. The van der Waals surface area contributed by atoms with Crippen molar-refractivity contribution in [3.63, 3.8) is 0 Å². The summed E-state index contributed by atoms with van der Waals surface area (Å²) < 4.78 is 0. The molecule has 7 nitrogen and oxygen atoms in total. The molecule has 2 atom stereocenters. The standard InChI is InChI=1S/C16H26N4O3/c1-16(2,3)14-11(6-7-12(21)18-14)17-15(23)19-8-13(22)20(9-19)10-4-5-10/h10-11,14H,4-9H2,1-3H3,(H,17,23)(H,18,21)/t11-,14-/m1/s1. The average molecular weight is 322 g/mol. The zero-order chi connectivity index (χ0) is 16.8. The minimum atomic E-state index is -0.211. The van der Waals surface area contributed by atoms with Gasteiger partial charge in [-0.05, 0) is 24.7 Å². The number of piperidine rings is 1. The van der Waals surface area contributed by atoms with Crippen molar-refractivity contribution in [2.75, 3.05) is 13.2 Å². The summed E-state index contributed by atoms with van der Waals surface area (Å²) in [4.78, 5) is 39.6. The maximum Gasteiger partial charge on any atom is 0.319 e. The fraction of sp³-hybridized carbons (Fsp3) is 0.812. The Balaban J connectivity index is 1.62. The lowest BCUT2D eigenvalue weighted by Gasteiger charge is -2.41. The summed E-state index contributed by atoms with van der Waals surface area (Å²) in [5.74, 6) is 0.0682. The molecule has 0 radical (unpaired) electrons. The van der Waals surface area contributed by atoms with Crippen LogP contribution in [0.15, 0.2) is 0 Å². The Morgan fingerprint density at radius 2 is 1.91 bits per heavy atom. The van der Waals surface area contributed by atoms with Crippen molar-refractivity contribution in [3.05, 3.63) is 0 Å². The first-order valence-electron chi connectivity index (χ1n) is 8.40. The second-order valence-corrected chi connectivity index (χ2v) is 7.94. The van der Waals surface area contributed by atoms with E-state index in [0.717, 1.165) is 12.8 Å². The molecule has 4 amide bonds. The molecule has 0 aromatic carbocycles. The first-order chi connectivity index (χ1) is 10.8. The minimum absolute atomic E-state index is 0.0340. The van der Waals surface area contributed by atoms with Gasteiger partial charge in [-0.2, -0.15) is 0 Å². The van der Waals surface area contributed by atoms with E-state index in [2.05, 4.69) is 31.4 Å². The van der Waals surface area contributed by atoms with Crippen LogP contribution in [0.2, 0.25) is 0 Å². The normalized spacial score (nSPS) is 28.8. The van der Waals surface area contributed by atoms with Crippen LogP contribution in [0.5, 0.6) is 0 Å². The van der Waals surface area contributed by atoms with Gasteiger partial charge in [0, 0.05) is 12.5 Å². The second-order valence-electron chi connectivity index (χ2n) is 7.94. The molecule has 3 aliphatic rings. The Bertz CT molecular complexity index is 524. The summed E-state index contributed by atoms with van der Waals surface area (Å²) in [7, 11) is 0. The van der Waals surface area contributed by atoms with Crippen molar-refractivity contribution >= 4 is 17.8 Å². The van der Waals surface area contributed by atoms with Gasteiger partial charge < -0.3 is 15.5 Å². The Morgan fingerprint density at radius 1 is 1.22 bits per heavy atom. The van der Waals surface area contributed by atoms with Crippen molar-refractivity contribution in [2.45, 2.75) is 64.6 Å². The summed E-state index contributed by atoms with van der Waals surface area (Å²) >= 11 is 0. The van der Waals surface area contributed by atoms with Gasteiger partial charge in [-0.3, -0.25) is 14.5 Å². The fourth-order valence-electron chi connectivity index (χ4n) is 3.43. The predicted molar refractivity (Wildman–Crippen MR) is 84.4 cm³/mol. The number of hydrogen-bond donors (Lipinski definition) is 2. The van der Waals surface area contributed by atoms with Gasteiger partial charge in [0.25, 0.3) is 0 Å². The van der Waals surface area contributed by atoms with Gasteiger partial charge in [-0.1, -0.05) is 20.8 Å². The molecule has 2 aliphatic heterocycles. The van der Waals surface area contributed by atoms with Crippen LogP contribution in [0.1, 0.15) is 46.5 Å². The summed E-state index contributed by atoms with van der Waals surface area (Å²) in [6.07, 6.45) is 3.14. The van der Waals surface area contributed by atoms with Gasteiger partial charge >= 0.3 is 6.03 Å². The lowest BCUT2D eigenvalue weighted by Crippen LogP contribution is -2.61. The van der Waals surface area contributed by atoms with E-state index in [4.69, 9.17) is 0 Å². The highest BCUT2D eigenvalue weighted by Crippen LogP contribution is 2.30. The van der Waals surface area contributed by atoms with Crippen molar-refractivity contribution < 1.29 is 14.4 Å². The first kappa shape index (κ1) is 16.1. The molecule has 0 unspecified atom stereocenters. The molecular weight excluding hydrogens is 296 g/mol. The number of amides is 4. The molecule has 128 valence electrons. The summed E-state index contributed by atoms with van der Waals surface area (Å²) in [6.45, 7) is 6.69. The molecule has 0 bridgehead atoms. The maximum atomic E-state index is 12.5. The van der Waals surface area contributed by atoms with Crippen LogP contribution in [0, 0.1) is 5.41 Å². The Morgan fingerprint density at radius 3 is 2.52 bits per heavy atom. The molecule has 2 N–H and O–H groups in total. The highest BCUT2D eigenvalue weighted by Gasteiger charge is 2.42. The van der Waals surface area contributed by atoms with Crippen molar-refractivity contribution in [1.82, 2.24) is 20.4 Å². The lowest BCUT2D eigenvalue weighted by molar-refractivity contribution is -0.127. The Kier molecular flexibility index (Phi) is 3.98. The van der Waals surface area contributed by atoms with Gasteiger partial charge in [0.05, 0.1) is 18.8 Å². The molecule has 0 aromatic rings. The zero-order valence-corrected chi connectivity index (χ0v) is 14.1. The highest BCUT2D eigenvalue weighted by molar-refractivity contribution is 5.87. The molecule has 2 heterocycles. The Hall–Kier alpha value is -1.79.